The van der Waals surface area contributed by atoms with Crippen molar-refractivity contribution in [2.24, 2.45) is 0 Å². The third kappa shape index (κ3) is 2.57. The average Bonchev–Trinajstić information content (AvgIpc) is 2.71. The summed E-state index contributed by atoms with van der Waals surface area (Å²) in [6, 6.07) is 6.02. The highest BCUT2D eigenvalue weighted by molar-refractivity contribution is 7.99. The van der Waals surface area contributed by atoms with Crippen LogP contribution in [0, 0.1) is 30.9 Å². The fourth-order valence-corrected chi connectivity index (χ4v) is 3.85. The molecule has 0 amide bonds. The van der Waals surface area contributed by atoms with Crippen LogP contribution in [-0.4, -0.2) is 4.92 Å². The van der Waals surface area contributed by atoms with Gasteiger partial charge >= 0.3 is 5.00 Å². The average molecular weight is 279 g/mol. The van der Waals surface area contributed by atoms with Crippen LogP contribution in [0.25, 0.3) is 0 Å². The predicted molar refractivity (Wildman–Crippen MR) is 75.7 cm³/mol. The van der Waals surface area contributed by atoms with Crippen LogP contribution in [0.3, 0.4) is 0 Å². The smallest absolute Gasteiger partial charge is 0.258 e. The van der Waals surface area contributed by atoms with Gasteiger partial charge in [-0.2, -0.15) is 0 Å². The van der Waals surface area contributed by atoms with E-state index in [1.807, 2.05) is 19.9 Å². The largest absolute Gasteiger partial charge is 0.337 e. The van der Waals surface area contributed by atoms with Crippen molar-refractivity contribution in [3.63, 3.8) is 0 Å². The van der Waals surface area contributed by atoms with Crippen LogP contribution in [0.5, 0.6) is 0 Å². The molecule has 2 aromatic rings. The van der Waals surface area contributed by atoms with E-state index >= 15 is 0 Å². The number of thiophene rings is 1. The van der Waals surface area contributed by atoms with Gasteiger partial charge in [-0.25, -0.2) is 0 Å². The van der Waals surface area contributed by atoms with Gasteiger partial charge in [0.1, 0.15) is 4.90 Å². The molecule has 0 N–H and O–H groups in total. The van der Waals surface area contributed by atoms with Gasteiger partial charge in [-0.05, 0) is 43.3 Å². The van der Waals surface area contributed by atoms with Gasteiger partial charge in [0, 0.05) is 4.90 Å². The van der Waals surface area contributed by atoms with E-state index < -0.39 is 0 Å². The van der Waals surface area contributed by atoms with Gasteiger partial charge in [0.05, 0.1) is 4.92 Å². The standard InChI is InChI=1S/C13H13NO2S2/c1-8-6-9(2)12(10(3)7-8)18-11-4-5-17-13(11)14(15)16/h4-7H,1-3H3. The maximum Gasteiger partial charge on any atom is 0.337 e. The van der Waals surface area contributed by atoms with E-state index in [2.05, 4.69) is 19.1 Å². The zero-order valence-electron chi connectivity index (χ0n) is 10.4. The second-order valence-corrected chi connectivity index (χ2v) is 6.12. The summed E-state index contributed by atoms with van der Waals surface area (Å²) < 4.78 is 0. The van der Waals surface area contributed by atoms with Crippen LogP contribution in [0.1, 0.15) is 16.7 Å². The first-order valence-corrected chi connectivity index (χ1v) is 7.16. The Morgan fingerprint density at radius 3 is 2.39 bits per heavy atom. The lowest BCUT2D eigenvalue weighted by molar-refractivity contribution is -0.382. The van der Waals surface area contributed by atoms with Crippen molar-refractivity contribution < 1.29 is 4.92 Å². The van der Waals surface area contributed by atoms with E-state index in [-0.39, 0.29) is 9.92 Å². The van der Waals surface area contributed by atoms with Crippen LogP contribution in [-0.2, 0) is 0 Å². The molecule has 0 fully saturated rings. The molecule has 3 nitrogen and oxygen atoms in total. The molecule has 1 aromatic carbocycles. The second kappa shape index (κ2) is 5.12. The van der Waals surface area contributed by atoms with Crippen LogP contribution in [0.15, 0.2) is 33.4 Å². The summed E-state index contributed by atoms with van der Waals surface area (Å²) in [7, 11) is 0. The number of hydrogen-bond acceptors (Lipinski definition) is 4. The van der Waals surface area contributed by atoms with Gasteiger partial charge in [-0.15, -0.1) is 0 Å². The van der Waals surface area contributed by atoms with Gasteiger partial charge < -0.3 is 0 Å². The van der Waals surface area contributed by atoms with Crippen molar-refractivity contribution in [3.8, 4) is 0 Å². The van der Waals surface area contributed by atoms with Gasteiger partial charge in [-0.3, -0.25) is 10.1 Å². The summed E-state index contributed by atoms with van der Waals surface area (Å²) in [5.41, 5.74) is 3.55. The molecule has 0 saturated carbocycles. The highest BCUT2D eigenvalue weighted by atomic mass is 32.2. The third-order valence-electron chi connectivity index (χ3n) is 2.59. The maximum absolute atomic E-state index is 10.9. The molecule has 2 rings (SSSR count). The van der Waals surface area contributed by atoms with Crippen LogP contribution in [0.2, 0.25) is 0 Å². The van der Waals surface area contributed by atoms with Crippen molar-refractivity contribution in [2.45, 2.75) is 30.6 Å². The van der Waals surface area contributed by atoms with E-state index in [9.17, 15) is 10.1 Å². The molecule has 0 aliphatic rings. The lowest BCUT2D eigenvalue weighted by Crippen LogP contribution is -1.89. The molecule has 1 heterocycles. The molecular formula is C13H13NO2S2. The van der Waals surface area contributed by atoms with Crippen molar-refractivity contribution in [2.75, 3.05) is 0 Å². The number of nitrogens with zero attached hydrogens (tertiary/aromatic N) is 1. The van der Waals surface area contributed by atoms with Crippen molar-refractivity contribution in [1.29, 1.82) is 0 Å². The van der Waals surface area contributed by atoms with Crippen molar-refractivity contribution >= 4 is 28.1 Å². The van der Waals surface area contributed by atoms with E-state index in [0.29, 0.717) is 0 Å². The zero-order valence-corrected chi connectivity index (χ0v) is 12.0. The van der Waals surface area contributed by atoms with Gasteiger partial charge in [-0.1, -0.05) is 40.8 Å². The number of rotatable bonds is 3. The Kier molecular flexibility index (Phi) is 3.73. The molecule has 18 heavy (non-hydrogen) atoms. The van der Waals surface area contributed by atoms with Crippen LogP contribution in [0.4, 0.5) is 5.00 Å². The zero-order chi connectivity index (χ0) is 13.3. The van der Waals surface area contributed by atoms with Gasteiger partial charge in [0.15, 0.2) is 0 Å². The molecule has 0 aliphatic carbocycles. The summed E-state index contributed by atoms with van der Waals surface area (Å²) in [5, 5.41) is 12.9. The Bertz CT molecular complexity index is 582. The second-order valence-electron chi connectivity index (χ2n) is 4.18. The molecule has 0 unspecified atom stereocenters. The normalized spacial score (nSPS) is 10.6. The fourth-order valence-electron chi connectivity index (χ4n) is 1.94. The lowest BCUT2D eigenvalue weighted by Gasteiger charge is -2.09. The number of benzene rings is 1. The molecule has 0 atom stereocenters. The summed E-state index contributed by atoms with van der Waals surface area (Å²) in [6.07, 6.45) is 0. The molecule has 0 saturated heterocycles. The Balaban J connectivity index is 2.40. The molecule has 0 radical (unpaired) electrons. The molecule has 94 valence electrons. The van der Waals surface area contributed by atoms with E-state index in [1.165, 1.54) is 28.7 Å². The Labute approximate surface area is 114 Å². The van der Waals surface area contributed by atoms with E-state index in [0.717, 1.165) is 20.9 Å². The first-order chi connectivity index (χ1) is 8.49. The van der Waals surface area contributed by atoms with Crippen LogP contribution >= 0.6 is 23.1 Å². The molecule has 5 heteroatoms. The maximum atomic E-state index is 10.9. The first-order valence-electron chi connectivity index (χ1n) is 5.46. The lowest BCUT2D eigenvalue weighted by atomic mass is 10.1. The third-order valence-corrected chi connectivity index (χ3v) is 4.98. The first kappa shape index (κ1) is 13.1. The Morgan fingerprint density at radius 2 is 1.83 bits per heavy atom. The van der Waals surface area contributed by atoms with Gasteiger partial charge in [0.25, 0.3) is 0 Å². The van der Waals surface area contributed by atoms with Gasteiger partial charge in [0.2, 0.25) is 0 Å². The molecule has 0 bridgehead atoms. The predicted octanol–water partition coefficient (Wildman–Crippen LogP) is 4.73. The fraction of sp³-hybridized carbons (Fsp3) is 0.231. The SMILES string of the molecule is Cc1cc(C)c(Sc2ccsc2[N+](=O)[O-])c(C)c1. The molecular weight excluding hydrogens is 266 g/mol. The monoisotopic (exact) mass is 279 g/mol. The van der Waals surface area contributed by atoms with E-state index in [4.69, 9.17) is 0 Å². The Morgan fingerprint density at radius 1 is 1.22 bits per heavy atom. The minimum absolute atomic E-state index is 0.222. The summed E-state index contributed by atoms with van der Waals surface area (Å²) in [5.74, 6) is 0. The highest BCUT2D eigenvalue weighted by Gasteiger charge is 2.18. The minimum Gasteiger partial charge on any atom is -0.258 e. The topological polar surface area (TPSA) is 43.1 Å². The summed E-state index contributed by atoms with van der Waals surface area (Å²) >= 11 is 2.65. The Hall–Kier alpha value is -1.33. The summed E-state index contributed by atoms with van der Waals surface area (Å²) in [6.45, 7) is 6.14. The van der Waals surface area contributed by atoms with E-state index in [1.54, 1.807) is 5.38 Å². The molecule has 0 spiro atoms. The van der Waals surface area contributed by atoms with Crippen molar-refractivity contribution in [3.05, 3.63) is 50.4 Å². The number of aryl methyl sites for hydroxylation is 3. The molecule has 1 aromatic heterocycles. The molecule has 0 aliphatic heterocycles. The number of nitro groups is 1. The number of hydrogen-bond donors (Lipinski definition) is 0. The minimum atomic E-state index is -0.314. The highest BCUT2D eigenvalue weighted by Crippen LogP contribution is 2.41. The quantitative estimate of drug-likeness (QED) is 0.602. The summed E-state index contributed by atoms with van der Waals surface area (Å²) in [4.78, 5) is 12.4. The van der Waals surface area contributed by atoms with Crippen LogP contribution < -0.4 is 0 Å². The van der Waals surface area contributed by atoms with Crippen molar-refractivity contribution in [1.82, 2.24) is 0 Å².